The number of carbonyl (C=O) groups is 1. The predicted octanol–water partition coefficient (Wildman–Crippen LogP) is 0.381. The van der Waals surface area contributed by atoms with Crippen molar-refractivity contribution in [2.24, 2.45) is 12.2 Å². The van der Waals surface area contributed by atoms with E-state index in [1.807, 2.05) is 0 Å². The maximum Gasteiger partial charge on any atom is 0.266 e. The Bertz CT molecular complexity index is 673. The molecular weight excluding hydrogens is 276 g/mol. The summed E-state index contributed by atoms with van der Waals surface area (Å²) in [6, 6.07) is 3.35. The van der Waals surface area contributed by atoms with Crippen LogP contribution in [-0.2, 0) is 17.1 Å². The molecule has 0 aliphatic heterocycles. The zero-order valence-electron chi connectivity index (χ0n) is 9.32. The molecule has 2 rings (SSSR count). The fourth-order valence-corrected chi connectivity index (χ4v) is 2.62. The quantitative estimate of drug-likeness (QED) is 0.850. The molecule has 0 aromatic carbocycles. The number of aryl methyl sites for hydroxylation is 1. The third kappa shape index (κ3) is 2.58. The van der Waals surface area contributed by atoms with Crippen LogP contribution in [0.1, 0.15) is 9.67 Å². The molecule has 9 heteroatoms. The van der Waals surface area contributed by atoms with Crippen LogP contribution >= 0.6 is 11.3 Å². The van der Waals surface area contributed by atoms with E-state index in [1.54, 1.807) is 17.5 Å². The van der Waals surface area contributed by atoms with Crippen LogP contribution in [0.4, 0.5) is 5.82 Å². The molecule has 0 aliphatic carbocycles. The number of nitrogens with two attached hydrogens (primary N) is 1. The average Bonchev–Trinajstić information content (AvgIpc) is 2.85. The Balaban J connectivity index is 2.33. The molecule has 0 saturated heterocycles. The summed E-state index contributed by atoms with van der Waals surface area (Å²) in [7, 11) is -2.38. The van der Waals surface area contributed by atoms with Gasteiger partial charge in [0.2, 0.25) is 10.0 Å². The molecule has 0 aliphatic rings. The van der Waals surface area contributed by atoms with Gasteiger partial charge in [-0.05, 0) is 11.4 Å². The van der Waals surface area contributed by atoms with Crippen LogP contribution in [0.15, 0.2) is 28.6 Å². The molecule has 0 bridgehead atoms. The number of amides is 1. The summed E-state index contributed by atoms with van der Waals surface area (Å²) < 4.78 is 23.9. The van der Waals surface area contributed by atoms with Crippen molar-refractivity contribution >= 4 is 33.1 Å². The van der Waals surface area contributed by atoms with Gasteiger partial charge in [-0.15, -0.1) is 11.3 Å². The lowest BCUT2D eigenvalue weighted by Crippen LogP contribution is -2.17. The molecule has 0 radical (unpaired) electrons. The fraction of sp³-hybridized carbons (Fsp3) is 0.111. The number of rotatable bonds is 3. The first-order valence-corrected chi connectivity index (χ1v) is 7.22. The number of hydrogen-bond acceptors (Lipinski definition) is 5. The largest absolute Gasteiger partial charge is 0.303 e. The van der Waals surface area contributed by atoms with E-state index in [0.29, 0.717) is 4.88 Å². The van der Waals surface area contributed by atoms with Crippen LogP contribution in [0.3, 0.4) is 0 Å². The van der Waals surface area contributed by atoms with Crippen LogP contribution in [0, 0.1) is 0 Å². The third-order valence-corrected chi connectivity index (χ3v) is 3.86. The van der Waals surface area contributed by atoms with Crippen molar-refractivity contribution in [3.8, 4) is 0 Å². The minimum absolute atomic E-state index is 0.0709. The first-order chi connectivity index (χ1) is 8.38. The maximum absolute atomic E-state index is 11.8. The molecule has 2 aromatic heterocycles. The summed E-state index contributed by atoms with van der Waals surface area (Å²) in [4.78, 5) is 12.0. The number of aromatic nitrogens is 2. The van der Waals surface area contributed by atoms with Gasteiger partial charge in [-0.1, -0.05) is 6.07 Å². The van der Waals surface area contributed by atoms with E-state index in [-0.39, 0.29) is 10.7 Å². The lowest BCUT2D eigenvalue weighted by atomic mass is 10.4. The van der Waals surface area contributed by atoms with Gasteiger partial charge in [0.1, 0.15) is 4.90 Å². The number of anilines is 1. The zero-order chi connectivity index (χ0) is 13.3. The summed E-state index contributed by atoms with van der Waals surface area (Å²) >= 11 is 1.24. The monoisotopic (exact) mass is 286 g/mol. The number of thiophene rings is 1. The zero-order valence-corrected chi connectivity index (χ0v) is 11.0. The highest BCUT2D eigenvalue weighted by Gasteiger charge is 2.20. The van der Waals surface area contributed by atoms with Gasteiger partial charge in [0.25, 0.3) is 5.91 Å². The third-order valence-electron chi connectivity index (χ3n) is 2.08. The Morgan fingerprint density at radius 1 is 1.56 bits per heavy atom. The van der Waals surface area contributed by atoms with E-state index in [0.717, 1.165) is 0 Å². The normalized spacial score (nSPS) is 11.4. The molecular formula is C9H10N4O3S2. The first kappa shape index (κ1) is 12.7. The molecule has 0 fully saturated rings. The molecule has 0 spiro atoms. The van der Waals surface area contributed by atoms with Crippen molar-refractivity contribution in [1.82, 2.24) is 9.78 Å². The van der Waals surface area contributed by atoms with Crippen molar-refractivity contribution in [2.75, 3.05) is 5.32 Å². The second-order valence-electron chi connectivity index (χ2n) is 3.49. The maximum atomic E-state index is 11.8. The highest BCUT2D eigenvalue weighted by Crippen LogP contribution is 2.19. The van der Waals surface area contributed by atoms with Crippen LogP contribution in [-0.4, -0.2) is 24.1 Å². The summed E-state index contributed by atoms with van der Waals surface area (Å²) in [5, 5.41) is 13.1. The number of hydrogen-bond donors (Lipinski definition) is 2. The topological polar surface area (TPSA) is 107 Å². The van der Waals surface area contributed by atoms with Gasteiger partial charge in [0.15, 0.2) is 5.82 Å². The minimum atomic E-state index is -3.92. The van der Waals surface area contributed by atoms with Crippen molar-refractivity contribution in [3.05, 3.63) is 28.6 Å². The SMILES string of the molecule is Cn1cc(S(N)(=O)=O)c(NC(=O)c2cccs2)n1. The second-order valence-corrected chi connectivity index (χ2v) is 5.97. The smallest absolute Gasteiger partial charge is 0.266 e. The number of primary sulfonamides is 1. The van der Waals surface area contributed by atoms with E-state index >= 15 is 0 Å². The summed E-state index contributed by atoms with van der Waals surface area (Å²) in [6.07, 6.45) is 1.24. The molecule has 7 nitrogen and oxygen atoms in total. The van der Waals surface area contributed by atoms with Crippen LogP contribution < -0.4 is 10.5 Å². The molecule has 96 valence electrons. The average molecular weight is 286 g/mol. The Kier molecular flexibility index (Phi) is 3.20. The Morgan fingerprint density at radius 2 is 2.28 bits per heavy atom. The molecule has 2 heterocycles. The van der Waals surface area contributed by atoms with Crippen LogP contribution in [0.25, 0.3) is 0 Å². The molecule has 0 unspecified atom stereocenters. The summed E-state index contributed by atoms with van der Waals surface area (Å²) in [5.74, 6) is -0.494. The Labute approximate surface area is 107 Å². The molecule has 2 aromatic rings. The summed E-state index contributed by atoms with van der Waals surface area (Å²) in [6.45, 7) is 0. The Morgan fingerprint density at radius 3 is 2.83 bits per heavy atom. The first-order valence-electron chi connectivity index (χ1n) is 4.79. The Hall–Kier alpha value is -1.71. The lowest BCUT2D eigenvalue weighted by molar-refractivity contribution is 0.103. The number of nitrogens with zero attached hydrogens (tertiary/aromatic N) is 2. The highest BCUT2D eigenvalue weighted by atomic mass is 32.2. The van der Waals surface area contributed by atoms with Gasteiger partial charge in [-0.25, -0.2) is 13.6 Å². The molecule has 0 saturated carbocycles. The van der Waals surface area contributed by atoms with Gasteiger partial charge in [0, 0.05) is 13.2 Å². The van der Waals surface area contributed by atoms with E-state index in [4.69, 9.17) is 5.14 Å². The second kappa shape index (κ2) is 4.52. The van der Waals surface area contributed by atoms with Crippen LogP contribution in [0.5, 0.6) is 0 Å². The van der Waals surface area contributed by atoms with Gasteiger partial charge in [0.05, 0.1) is 4.88 Å². The van der Waals surface area contributed by atoms with Gasteiger partial charge in [-0.2, -0.15) is 5.10 Å². The van der Waals surface area contributed by atoms with Gasteiger partial charge < -0.3 is 5.32 Å². The summed E-state index contributed by atoms with van der Waals surface area (Å²) in [5.41, 5.74) is 0. The number of carbonyl (C=O) groups excluding carboxylic acids is 1. The number of sulfonamides is 1. The van der Waals surface area contributed by atoms with Crippen molar-refractivity contribution in [2.45, 2.75) is 4.90 Å². The molecule has 1 amide bonds. The van der Waals surface area contributed by atoms with Crippen molar-refractivity contribution < 1.29 is 13.2 Å². The van der Waals surface area contributed by atoms with E-state index in [1.165, 1.54) is 29.3 Å². The van der Waals surface area contributed by atoms with E-state index < -0.39 is 15.9 Å². The van der Waals surface area contributed by atoms with Gasteiger partial charge in [-0.3, -0.25) is 9.48 Å². The predicted molar refractivity (Wildman–Crippen MR) is 66.9 cm³/mol. The molecule has 18 heavy (non-hydrogen) atoms. The van der Waals surface area contributed by atoms with Crippen molar-refractivity contribution in [1.29, 1.82) is 0 Å². The van der Waals surface area contributed by atoms with E-state index in [9.17, 15) is 13.2 Å². The highest BCUT2D eigenvalue weighted by molar-refractivity contribution is 7.89. The molecule has 0 atom stereocenters. The van der Waals surface area contributed by atoms with Crippen molar-refractivity contribution in [3.63, 3.8) is 0 Å². The fourth-order valence-electron chi connectivity index (χ4n) is 1.34. The standard InChI is InChI=1S/C9H10N4O3S2/c1-13-5-7(18(10,15)16)8(12-13)11-9(14)6-3-2-4-17-6/h2-5H,1H3,(H2,10,15,16)(H,11,12,14). The van der Waals surface area contributed by atoms with Gasteiger partial charge >= 0.3 is 0 Å². The van der Waals surface area contributed by atoms with E-state index in [2.05, 4.69) is 10.4 Å². The minimum Gasteiger partial charge on any atom is -0.303 e. The molecule has 3 N–H and O–H groups in total. The lowest BCUT2D eigenvalue weighted by Gasteiger charge is -2.01. The van der Waals surface area contributed by atoms with Crippen LogP contribution in [0.2, 0.25) is 0 Å². The number of nitrogens with one attached hydrogen (secondary N) is 1.